The Labute approximate surface area is 101 Å². The monoisotopic (exact) mass is 230 g/mol. The van der Waals surface area contributed by atoms with E-state index in [0.717, 1.165) is 17.6 Å². The van der Waals surface area contributed by atoms with Crippen molar-refractivity contribution in [2.24, 2.45) is 0 Å². The summed E-state index contributed by atoms with van der Waals surface area (Å²) < 4.78 is 0. The van der Waals surface area contributed by atoms with Crippen molar-refractivity contribution in [2.75, 3.05) is 13.1 Å². The fraction of sp³-hybridized carbons (Fsp3) is 0.538. The van der Waals surface area contributed by atoms with Crippen molar-refractivity contribution in [2.45, 2.75) is 33.2 Å². The summed E-state index contributed by atoms with van der Waals surface area (Å²) in [5.41, 5.74) is 5.94. The summed E-state index contributed by atoms with van der Waals surface area (Å²) in [5.74, 6) is 0. The number of aryl methyl sites for hydroxylation is 2. The molecule has 0 saturated carbocycles. The predicted molar refractivity (Wildman–Crippen MR) is 67.9 cm³/mol. The molecule has 1 aromatic carbocycles. The van der Waals surface area contributed by atoms with Crippen LogP contribution >= 0.6 is 0 Å². The molecule has 0 atom stereocenters. The first-order chi connectivity index (χ1) is 8.25. The fourth-order valence-corrected chi connectivity index (χ4v) is 2.75. The molecule has 0 bridgehead atoms. The van der Waals surface area contributed by atoms with Crippen LogP contribution in [-0.2, 0) is 6.54 Å². The number of nitrogens with zero attached hydrogens (tertiary/aromatic N) is 3. The number of rotatable bonds is 2. The molecule has 3 rings (SSSR count). The molecule has 1 saturated heterocycles. The summed E-state index contributed by atoms with van der Waals surface area (Å²) in [6.45, 7) is 7.71. The molecule has 17 heavy (non-hydrogen) atoms. The highest BCUT2D eigenvalue weighted by molar-refractivity contribution is 5.82. The highest BCUT2D eigenvalue weighted by Gasteiger charge is 2.17. The summed E-state index contributed by atoms with van der Waals surface area (Å²) in [4.78, 5) is 2.51. The van der Waals surface area contributed by atoms with Crippen molar-refractivity contribution >= 4 is 11.0 Å². The Hall–Kier alpha value is -1.42. The van der Waals surface area contributed by atoms with Crippen LogP contribution in [0, 0.1) is 13.8 Å². The predicted octanol–water partition coefficient (Wildman–Crippen LogP) is 2.17. The zero-order valence-electron chi connectivity index (χ0n) is 10.5. The average molecular weight is 230 g/mol. The molecule has 4 heteroatoms. The quantitative estimate of drug-likeness (QED) is 0.860. The molecule has 0 aliphatic carbocycles. The van der Waals surface area contributed by atoms with Gasteiger partial charge in [-0.2, -0.15) is 15.4 Å². The first-order valence-corrected chi connectivity index (χ1v) is 6.27. The number of aromatic amines is 1. The molecule has 1 N–H and O–H groups in total. The molecule has 1 aliphatic heterocycles. The van der Waals surface area contributed by atoms with Crippen LogP contribution < -0.4 is 0 Å². The summed E-state index contributed by atoms with van der Waals surface area (Å²) in [7, 11) is 0. The average Bonchev–Trinajstić information content (AvgIpc) is 2.95. The molecule has 1 fully saturated rings. The van der Waals surface area contributed by atoms with Crippen LogP contribution in [0.2, 0.25) is 0 Å². The van der Waals surface area contributed by atoms with E-state index in [-0.39, 0.29) is 0 Å². The molecule has 1 aromatic heterocycles. The maximum Gasteiger partial charge on any atom is 0.117 e. The number of benzene rings is 1. The fourth-order valence-electron chi connectivity index (χ4n) is 2.75. The molecular formula is C13H18N4. The lowest BCUT2D eigenvalue weighted by Gasteiger charge is -2.16. The van der Waals surface area contributed by atoms with Gasteiger partial charge in [-0.25, -0.2) is 0 Å². The van der Waals surface area contributed by atoms with E-state index in [1.807, 2.05) is 0 Å². The van der Waals surface area contributed by atoms with Gasteiger partial charge in [-0.1, -0.05) is 6.07 Å². The standard InChI is InChI=1S/C13H18N4/c1-9-7-10(2)12-13(15-16-14-12)11(9)8-17-5-3-4-6-17/h7H,3-6,8H2,1-2H3,(H,14,15,16). The van der Waals surface area contributed by atoms with Gasteiger partial charge in [0.2, 0.25) is 0 Å². The summed E-state index contributed by atoms with van der Waals surface area (Å²) in [6.07, 6.45) is 2.65. The maximum absolute atomic E-state index is 4.32. The Kier molecular flexibility index (Phi) is 2.59. The van der Waals surface area contributed by atoms with E-state index in [9.17, 15) is 0 Å². The lowest BCUT2D eigenvalue weighted by Crippen LogP contribution is -2.19. The number of hydrogen-bond donors (Lipinski definition) is 1. The van der Waals surface area contributed by atoms with Gasteiger partial charge < -0.3 is 0 Å². The van der Waals surface area contributed by atoms with Crippen molar-refractivity contribution in [1.29, 1.82) is 0 Å². The van der Waals surface area contributed by atoms with Crippen LogP contribution in [0.4, 0.5) is 0 Å². The van der Waals surface area contributed by atoms with Crippen LogP contribution in [0.3, 0.4) is 0 Å². The van der Waals surface area contributed by atoms with Gasteiger partial charge in [0.15, 0.2) is 0 Å². The van der Waals surface area contributed by atoms with E-state index in [1.165, 1.54) is 42.6 Å². The van der Waals surface area contributed by atoms with Gasteiger partial charge >= 0.3 is 0 Å². The maximum atomic E-state index is 4.32. The van der Waals surface area contributed by atoms with Gasteiger partial charge in [-0.05, 0) is 56.5 Å². The third-order valence-electron chi connectivity index (χ3n) is 3.70. The third kappa shape index (κ3) is 1.82. The number of H-pyrrole nitrogens is 1. The van der Waals surface area contributed by atoms with Crippen LogP contribution in [0.1, 0.15) is 29.5 Å². The van der Waals surface area contributed by atoms with Crippen molar-refractivity contribution in [1.82, 2.24) is 20.3 Å². The molecule has 0 radical (unpaired) electrons. The van der Waals surface area contributed by atoms with Gasteiger partial charge in [-0.15, -0.1) is 0 Å². The Morgan fingerprint density at radius 1 is 1.12 bits per heavy atom. The number of aromatic nitrogens is 3. The van der Waals surface area contributed by atoms with Gasteiger partial charge in [0.1, 0.15) is 11.0 Å². The third-order valence-corrected chi connectivity index (χ3v) is 3.70. The van der Waals surface area contributed by atoms with E-state index in [2.05, 4.69) is 40.2 Å². The van der Waals surface area contributed by atoms with E-state index >= 15 is 0 Å². The number of nitrogens with one attached hydrogen (secondary N) is 1. The minimum atomic E-state index is 1.01. The Morgan fingerprint density at radius 3 is 2.59 bits per heavy atom. The molecule has 0 unspecified atom stereocenters. The lowest BCUT2D eigenvalue weighted by molar-refractivity contribution is 0.332. The summed E-state index contributed by atoms with van der Waals surface area (Å²) >= 11 is 0. The largest absolute Gasteiger partial charge is 0.299 e. The molecule has 2 aromatic rings. The zero-order valence-corrected chi connectivity index (χ0v) is 10.5. The first-order valence-electron chi connectivity index (χ1n) is 6.27. The Bertz CT molecular complexity index is 538. The van der Waals surface area contributed by atoms with Crippen LogP contribution in [-0.4, -0.2) is 33.4 Å². The van der Waals surface area contributed by atoms with Crippen LogP contribution in [0.5, 0.6) is 0 Å². The summed E-state index contributed by atoms with van der Waals surface area (Å²) in [6, 6.07) is 2.22. The molecule has 0 amide bonds. The summed E-state index contributed by atoms with van der Waals surface area (Å²) in [5, 5.41) is 11.3. The first kappa shape index (κ1) is 10.7. The van der Waals surface area contributed by atoms with Gasteiger partial charge in [0, 0.05) is 6.54 Å². The number of hydrogen-bond acceptors (Lipinski definition) is 3. The van der Waals surface area contributed by atoms with Crippen molar-refractivity contribution in [3.05, 3.63) is 22.8 Å². The highest BCUT2D eigenvalue weighted by Crippen LogP contribution is 2.24. The smallest absolute Gasteiger partial charge is 0.117 e. The Balaban J connectivity index is 2.04. The highest BCUT2D eigenvalue weighted by atomic mass is 15.3. The van der Waals surface area contributed by atoms with Crippen molar-refractivity contribution < 1.29 is 0 Å². The molecule has 4 nitrogen and oxygen atoms in total. The zero-order chi connectivity index (χ0) is 11.8. The SMILES string of the molecule is Cc1cc(C)c2n[nH]nc2c1CN1CCCC1. The number of likely N-dealkylation sites (tertiary alicyclic amines) is 1. The molecule has 2 heterocycles. The van der Waals surface area contributed by atoms with Gasteiger partial charge in [0.25, 0.3) is 0 Å². The van der Waals surface area contributed by atoms with Crippen LogP contribution in [0.25, 0.3) is 11.0 Å². The second kappa shape index (κ2) is 4.11. The lowest BCUT2D eigenvalue weighted by atomic mass is 10.0. The molecule has 1 aliphatic rings. The second-order valence-electron chi connectivity index (χ2n) is 4.99. The van der Waals surface area contributed by atoms with E-state index < -0.39 is 0 Å². The Morgan fingerprint density at radius 2 is 1.82 bits per heavy atom. The van der Waals surface area contributed by atoms with E-state index in [0.29, 0.717) is 0 Å². The van der Waals surface area contributed by atoms with Crippen LogP contribution in [0.15, 0.2) is 6.07 Å². The molecule has 0 spiro atoms. The van der Waals surface area contributed by atoms with Crippen molar-refractivity contribution in [3.8, 4) is 0 Å². The topological polar surface area (TPSA) is 44.8 Å². The number of fused-ring (bicyclic) bond motifs is 1. The van der Waals surface area contributed by atoms with Crippen molar-refractivity contribution in [3.63, 3.8) is 0 Å². The van der Waals surface area contributed by atoms with E-state index in [1.54, 1.807) is 0 Å². The normalized spacial score (nSPS) is 17.1. The van der Waals surface area contributed by atoms with Gasteiger partial charge in [-0.3, -0.25) is 4.90 Å². The second-order valence-corrected chi connectivity index (χ2v) is 4.99. The minimum absolute atomic E-state index is 1.01. The molecule has 90 valence electrons. The minimum Gasteiger partial charge on any atom is -0.299 e. The van der Waals surface area contributed by atoms with E-state index in [4.69, 9.17) is 0 Å². The van der Waals surface area contributed by atoms with Gasteiger partial charge in [0.05, 0.1) is 0 Å². The molecular weight excluding hydrogens is 212 g/mol.